The van der Waals surface area contributed by atoms with Crippen LogP contribution in [0.1, 0.15) is 48.5 Å². The fourth-order valence-corrected chi connectivity index (χ4v) is 1.73. The van der Waals surface area contributed by atoms with Crippen molar-refractivity contribution in [3.05, 3.63) is 34.9 Å². The first kappa shape index (κ1) is 13.6. The second-order valence-corrected chi connectivity index (χ2v) is 4.05. The monoisotopic (exact) mass is 242 g/mol. The maximum Gasteiger partial charge on any atom is 0.341 e. The summed E-state index contributed by atoms with van der Waals surface area (Å²) >= 11 is 0. The molecule has 0 spiro atoms. The number of carboxylic acids is 1. The predicted octanol–water partition coefficient (Wildman–Crippen LogP) is 3.79. The molecule has 1 aromatic rings. The van der Waals surface area contributed by atoms with Gasteiger partial charge in [0.2, 0.25) is 0 Å². The van der Waals surface area contributed by atoms with Crippen molar-refractivity contribution in [1.29, 1.82) is 0 Å². The smallest absolute Gasteiger partial charge is 0.341 e. The SMILES string of the molecule is CCCCCCc1cc(F)c(C(=O)O)c(F)c1. The van der Waals surface area contributed by atoms with Crippen molar-refractivity contribution in [2.24, 2.45) is 0 Å². The summed E-state index contributed by atoms with van der Waals surface area (Å²) < 4.78 is 26.6. The molecule has 94 valence electrons. The molecular formula is C13H16F2O2. The molecule has 0 radical (unpaired) electrons. The first-order valence-corrected chi connectivity index (χ1v) is 5.77. The third-order valence-corrected chi connectivity index (χ3v) is 2.63. The van der Waals surface area contributed by atoms with Gasteiger partial charge in [0.1, 0.15) is 17.2 Å². The minimum atomic E-state index is -1.57. The van der Waals surface area contributed by atoms with Crippen LogP contribution in [0.15, 0.2) is 12.1 Å². The Morgan fingerprint density at radius 1 is 1.18 bits per heavy atom. The summed E-state index contributed by atoms with van der Waals surface area (Å²) in [4.78, 5) is 10.6. The van der Waals surface area contributed by atoms with Gasteiger partial charge in [-0.2, -0.15) is 0 Å². The molecule has 0 fully saturated rings. The number of hydrogen-bond donors (Lipinski definition) is 1. The number of rotatable bonds is 6. The van der Waals surface area contributed by atoms with Gasteiger partial charge in [0.25, 0.3) is 0 Å². The van der Waals surface area contributed by atoms with Crippen LogP contribution in [0.4, 0.5) is 8.78 Å². The molecule has 4 heteroatoms. The van der Waals surface area contributed by atoms with Crippen LogP contribution in [0.5, 0.6) is 0 Å². The standard InChI is InChI=1S/C13H16F2O2/c1-2-3-4-5-6-9-7-10(14)12(13(16)17)11(15)8-9/h7-8H,2-6H2,1H3,(H,16,17). The van der Waals surface area contributed by atoms with E-state index in [9.17, 15) is 13.6 Å². The van der Waals surface area contributed by atoms with E-state index in [1.54, 1.807) is 0 Å². The number of aromatic carboxylic acids is 1. The Labute approximate surface area is 99.3 Å². The Kier molecular flexibility index (Phi) is 5.07. The van der Waals surface area contributed by atoms with E-state index in [0.29, 0.717) is 12.0 Å². The molecule has 0 unspecified atom stereocenters. The summed E-state index contributed by atoms with van der Waals surface area (Å²) in [6.45, 7) is 2.08. The van der Waals surface area contributed by atoms with Gasteiger partial charge in [-0.15, -0.1) is 0 Å². The summed E-state index contributed by atoms with van der Waals surface area (Å²) in [6.07, 6.45) is 4.64. The molecular weight excluding hydrogens is 226 g/mol. The molecule has 0 amide bonds. The van der Waals surface area contributed by atoms with Gasteiger partial charge in [0.05, 0.1) is 0 Å². The van der Waals surface area contributed by atoms with E-state index >= 15 is 0 Å². The predicted molar refractivity (Wildman–Crippen MR) is 61.2 cm³/mol. The highest BCUT2D eigenvalue weighted by atomic mass is 19.1. The summed E-state index contributed by atoms with van der Waals surface area (Å²) in [6, 6.07) is 2.22. The minimum absolute atomic E-state index is 0.515. The number of benzene rings is 1. The van der Waals surface area contributed by atoms with Crippen LogP contribution in [0.2, 0.25) is 0 Å². The number of halogens is 2. The van der Waals surface area contributed by atoms with Gasteiger partial charge >= 0.3 is 5.97 Å². The average molecular weight is 242 g/mol. The van der Waals surface area contributed by atoms with Crippen molar-refractivity contribution >= 4 is 5.97 Å². The maximum absolute atomic E-state index is 13.3. The van der Waals surface area contributed by atoms with Crippen LogP contribution >= 0.6 is 0 Å². The summed E-state index contributed by atoms with van der Waals surface area (Å²) in [5, 5.41) is 8.60. The Balaban J connectivity index is 2.73. The minimum Gasteiger partial charge on any atom is -0.477 e. The summed E-state index contributed by atoms with van der Waals surface area (Å²) in [7, 11) is 0. The van der Waals surface area contributed by atoms with E-state index in [-0.39, 0.29) is 0 Å². The molecule has 0 aliphatic heterocycles. The second-order valence-electron chi connectivity index (χ2n) is 4.05. The quantitative estimate of drug-likeness (QED) is 0.771. The fraction of sp³-hybridized carbons (Fsp3) is 0.462. The van der Waals surface area contributed by atoms with Crippen LogP contribution in [-0.2, 0) is 6.42 Å². The third kappa shape index (κ3) is 3.80. The van der Waals surface area contributed by atoms with E-state index in [0.717, 1.165) is 37.8 Å². The highest BCUT2D eigenvalue weighted by molar-refractivity contribution is 5.88. The summed E-state index contributed by atoms with van der Waals surface area (Å²) in [5.41, 5.74) is -0.358. The number of aryl methyl sites for hydroxylation is 1. The zero-order valence-electron chi connectivity index (χ0n) is 9.80. The van der Waals surface area contributed by atoms with Crippen molar-refractivity contribution < 1.29 is 18.7 Å². The number of carboxylic acid groups (broad SMARTS) is 1. The molecule has 17 heavy (non-hydrogen) atoms. The Morgan fingerprint density at radius 3 is 2.24 bits per heavy atom. The zero-order chi connectivity index (χ0) is 12.8. The van der Waals surface area contributed by atoms with Crippen LogP contribution < -0.4 is 0 Å². The van der Waals surface area contributed by atoms with E-state index < -0.39 is 23.2 Å². The first-order valence-electron chi connectivity index (χ1n) is 5.77. The van der Waals surface area contributed by atoms with Crippen molar-refractivity contribution in [1.82, 2.24) is 0 Å². The van der Waals surface area contributed by atoms with Crippen molar-refractivity contribution in [3.63, 3.8) is 0 Å². The van der Waals surface area contributed by atoms with Gasteiger partial charge in [0, 0.05) is 0 Å². The van der Waals surface area contributed by atoms with Gasteiger partial charge in [-0.3, -0.25) is 0 Å². The van der Waals surface area contributed by atoms with E-state index in [1.165, 1.54) is 0 Å². The lowest BCUT2D eigenvalue weighted by atomic mass is 10.0. The van der Waals surface area contributed by atoms with E-state index in [4.69, 9.17) is 5.11 Å². The zero-order valence-corrected chi connectivity index (χ0v) is 9.80. The van der Waals surface area contributed by atoms with Crippen LogP contribution in [-0.4, -0.2) is 11.1 Å². The fourth-order valence-electron chi connectivity index (χ4n) is 1.73. The average Bonchev–Trinajstić information content (AvgIpc) is 2.23. The van der Waals surface area contributed by atoms with Gasteiger partial charge in [-0.25, -0.2) is 13.6 Å². The van der Waals surface area contributed by atoms with Gasteiger partial charge in [-0.05, 0) is 30.5 Å². The highest BCUT2D eigenvalue weighted by Gasteiger charge is 2.17. The molecule has 2 nitrogen and oxygen atoms in total. The lowest BCUT2D eigenvalue weighted by molar-refractivity contribution is 0.0686. The molecule has 0 heterocycles. The molecule has 0 aliphatic carbocycles. The molecule has 1 N–H and O–H groups in total. The molecule has 0 aromatic heterocycles. The second kappa shape index (κ2) is 6.33. The number of carbonyl (C=O) groups is 1. The molecule has 1 aromatic carbocycles. The summed E-state index contributed by atoms with van der Waals surface area (Å²) in [5.74, 6) is -3.57. The van der Waals surface area contributed by atoms with Gasteiger partial charge in [-0.1, -0.05) is 26.2 Å². The Bertz CT molecular complexity index is 379. The molecule has 0 saturated heterocycles. The number of hydrogen-bond acceptors (Lipinski definition) is 1. The number of unbranched alkanes of at least 4 members (excludes halogenated alkanes) is 3. The first-order chi connectivity index (χ1) is 8.06. The normalized spacial score (nSPS) is 10.5. The van der Waals surface area contributed by atoms with Crippen molar-refractivity contribution in [2.75, 3.05) is 0 Å². The van der Waals surface area contributed by atoms with Crippen LogP contribution in [0, 0.1) is 11.6 Å². The van der Waals surface area contributed by atoms with Gasteiger partial charge < -0.3 is 5.11 Å². The van der Waals surface area contributed by atoms with E-state index in [2.05, 4.69) is 6.92 Å². The van der Waals surface area contributed by atoms with Gasteiger partial charge in [0.15, 0.2) is 0 Å². The Hall–Kier alpha value is -1.45. The molecule has 1 rings (SSSR count). The molecule has 0 bridgehead atoms. The van der Waals surface area contributed by atoms with Crippen molar-refractivity contribution in [2.45, 2.75) is 39.0 Å². The lowest BCUT2D eigenvalue weighted by Crippen LogP contribution is -2.05. The Morgan fingerprint density at radius 2 is 1.76 bits per heavy atom. The molecule has 0 atom stereocenters. The highest BCUT2D eigenvalue weighted by Crippen LogP contribution is 2.17. The topological polar surface area (TPSA) is 37.3 Å². The van der Waals surface area contributed by atoms with Crippen LogP contribution in [0.25, 0.3) is 0 Å². The van der Waals surface area contributed by atoms with E-state index in [1.807, 2.05) is 0 Å². The van der Waals surface area contributed by atoms with Crippen LogP contribution in [0.3, 0.4) is 0 Å². The maximum atomic E-state index is 13.3. The lowest BCUT2D eigenvalue weighted by Gasteiger charge is -2.05. The molecule has 0 saturated carbocycles. The van der Waals surface area contributed by atoms with Crippen molar-refractivity contribution in [3.8, 4) is 0 Å². The third-order valence-electron chi connectivity index (χ3n) is 2.63. The molecule has 0 aliphatic rings. The largest absolute Gasteiger partial charge is 0.477 e.